The molecule has 1 N–H and O–H groups in total. The number of benzene rings is 2. The number of furan rings is 1. The average Bonchev–Trinajstić information content (AvgIpc) is 3.03. The summed E-state index contributed by atoms with van der Waals surface area (Å²) < 4.78 is 29.1. The third-order valence-electron chi connectivity index (χ3n) is 4.01. The van der Waals surface area contributed by atoms with Crippen molar-refractivity contribution in [3.63, 3.8) is 0 Å². The Hall–Kier alpha value is -2.90. The first kappa shape index (κ1) is 19.9. The molecule has 8 heteroatoms. The van der Waals surface area contributed by atoms with Crippen LogP contribution in [0.5, 0.6) is 0 Å². The number of ether oxygens (including phenoxy) is 2. The van der Waals surface area contributed by atoms with Crippen LogP contribution in [-0.4, -0.2) is 25.1 Å². The van der Waals surface area contributed by atoms with E-state index in [-0.39, 0.29) is 23.1 Å². The molecule has 1 atom stereocenters. The van der Waals surface area contributed by atoms with Gasteiger partial charge in [-0.05, 0) is 31.2 Å². The lowest BCUT2D eigenvalue weighted by Gasteiger charge is -2.14. The van der Waals surface area contributed by atoms with Crippen LogP contribution in [0.4, 0.5) is 10.1 Å². The van der Waals surface area contributed by atoms with Gasteiger partial charge in [0.15, 0.2) is 6.10 Å². The van der Waals surface area contributed by atoms with E-state index in [1.54, 1.807) is 18.2 Å². The van der Waals surface area contributed by atoms with E-state index >= 15 is 0 Å². The summed E-state index contributed by atoms with van der Waals surface area (Å²) in [4.78, 5) is 24.9. The SMILES string of the molecule is COCc1c(C(=O)OC(C)C(=O)Nc2ccc(F)cc2Cl)oc2ccccc12. The van der Waals surface area contributed by atoms with E-state index in [4.69, 9.17) is 25.5 Å². The molecule has 3 rings (SSSR count). The lowest BCUT2D eigenvalue weighted by molar-refractivity contribution is -0.123. The topological polar surface area (TPSA) is 77.8 Å². The van der Waals surface area contributed by atoms with Crippen molar-refractivity contribution in [1.82, 2.24) is 0 Å². The van der Waals surface area contributed by atoms with Crippen LogP contribution >= 0.6 is 11.6 Å². The number of anilines is 1. The van der Waals surface area contributed by atoms with Crippen LogP contribution in [0.15, 0.2) is 46.9 Å². The number of esters is 1. The third-order valence-corrected chi connectivity index (χ3v) is 4.33. The Labute approximate surface area is 165 Å². The van der Waals surface area contributed by atoms with E-state index in [1.807, 2.05) is 6.07 Å². The predicted octanol–water partition coefficient (Wildman–Crippen LogP) is 4.56. The fourth-order valence-electron chi connectivity index (χ4n) is 2.64. The Kier molecular flexibility index (Phi) is 5.96. The first-order valence-electron chi connectivity index (χ1n) is 8.37. The molecule has 1 unspecified atom stereocenters. The molecule has 0 saturated heterocycles. The number of hydrogen-bond donors (Lipinski definition) is 1. The highest BCUT2D eigenvalue weighted by molar-refractivity contribution is 6.33. The fraction of sp³-hybridized carbons (Fsp3) is 0.200. The van der Waals surface area contributed by atoms with Crippen molar-refractivity contribution in [3.8, 4) is 0 Å². The minimum Gasteiger partial charge on any atom is -0.449 e. The molecule has 0 fully saturated rings. The first-order chi connectivity index (χ1) is 13.4. The highest BCUT2D eigenvalue weighted by Gasteiger charge is 2.26. The Bertz CT molecular complexity index is 1030. The van der Waals surface area contributed by atoms with Gasteiger partial charge in [0.1, 0.15) is 11.4 Å². The normalized spacial score (nSPS) is 12.0. The summed E-state index contributed by atoms with van der Waals surface area (Å²) in [5, 5.41) is 3.25. The van der Waals surface area contributed by atoms with Gasteiger partial charge in [-0.3, -0.25) is 4.79 Å². The zero-order valence-electron chi connectivity index (χ0n) is 15.1. The standard InChI is InChI=1S/C20H17ClFNO5/c1-11(19(24)23-16-8-7-12(22)9-15(16)21)27-20(25)18-14(10-26-2)13-5-3-4-6-17(13)28-18/h3-9,11H,10H2,1-2H3,(H,23,24). The molecule has 2 aromatic carbocycles. The number of para-hydroxylation sites is 1. The Morgan fingerprint density at radius 1 is 1.25 bits per heavy atom. The number of fused-ring (bicyclic) bond motifs is 1. The molecule has 0 bridgehead atoms. The minimum absolute atomic E-state index is 0.0254. The molecule has 6 nitrogen and oxygen atoms in total. The second-order valence-corrected chi connectivity index (χ2v) is 6.41. The largest absolute Gasteiger partial charge is 0.449 e. The monoisotopic (exact) mass is 405 g/mol. The maximum Gasteiger partial charge on any atom is 0.375 e. The third kappa shape index (κ3) is 4.16. The molecule has 0 spiro atoms. The van der Waals surface area contributed by atoms with Crippen LogP contribution < -0.4 is 5.32 Å². The first-order valence-corrected chi connectivity index (χ1v) is 8.74. The van der Waals surface area contributed by atoms with E-state index in [9.17, 15) is 14.0 Å². The molecule has 0 radical (unpaired) electrons. The van der Waals surface area contributed by atoms with Crippen molar-refractivity contribution in [2.24, 2.45) is 0 Å². The van der Waals surface area contributed by atoms with Crippen molar-refractivity contribution in [1.29, 1.82) is 0 Å². The maximum absolute atomic E-state index is 13.1. The van der Waals surface area contributed by atoms with E-state index in [0.717, 1.165) is 17.5 Å². The quantitative estimate of drug-likeness (QED) is 0.608. The number of halogens is 2. The molecular formula is C20H17ClFNO5. The molecule has 0 saturated carbocycles. The lowest BCUT2D eigenvalue weighted by atomic mass is 10.1. The van der Waals surface area contributed by atoms with Crippen LogP contribution in [-0.2, 0) is 20.9 Å². The van der Waals surface area contributed by atoms with Gasteiger partial charge in [0.25, 0.3) is 5.91 Å². The molecule has 0 aliphatic carbocycles. The van der Waals surface area contributed by atoms with Gasteiger partial charge in [-0.15, -0.1) is 0 Å². The molecule has 1 heterocycles. The Balaban J connectivity index is 1.76. The molecule has 146 valence electrons. The predicted molar refractivity (Wildman–Crippen MR) is 102 cm³/mol. The van der Waals surface area contributed by atoms with Gasteiger partial charge in [-0.25, -0.2) is 9.18 Å². The second kappa shape index (κ2) is 8.41. The molecule has 1 amide bonds. The fourth-order valence-corrected chi connectivity index (χ4v) is 2.86. The smallest absolute Gasteiger partial charge is 0.375 e. The van der Waals surface area contributed by atoms with Gasteiger partial charge < -0.3 is 19.2 Å². The Morgan fingerprint density at radius 2 is 2.00 bits per heavy atom. The molecule has 0 aliphatic rings. The zero-order chi connectivity index (χ0) is 20.3. The van der Waals surface area contributed by atoms with Crippen molar-refractivity contribution in [3.05, 3.63) is 64.6 Å². The number of nitrogens with one attached hydrogen (secondary N) is 1. The number of carbonyl (C=O) groups excluding carboxylic acids is 2. The van der Waals surface area contributed by atoms with Gasteiger partial charge in [0.2, 0.25) is 5.76 Å². The van der Waals surface area contributed by atoms with Crippen LogP contribution in [0.1, 0.15) is 23.0 Å². The maximum atomic E-state index is 13.1. The summed E-state index contributed by atoms with van der Waals surface area (Å²) >= 11 is 5.89. The van der Waals surface area contributed by atoms with Crippen LogP contribution in [0, 0.1) is 5.82 Å². The highest BCUT2D eigenvalue weighted by atomic mass is 35.5. The van der Waals surface area contributed by atoms with Crippen LogP contribution in [0.25, 0.3) is 11.0 Å². The van der Waals surface area contributed by atoms with E-state index in [2.05, 4.69) is 5.32 Å². The van der Waals surface area contributed by atoms with E-state index in [1.165, 1.54) is 20.1 Å². The van der Waals surface area contributed by atoms with Crippen molar-refractivity contribution in [2.75, 3.05) is 12.4 Å². The molecule has 28 heavy (non-hydrogen) atoms. The lowest BCUT2D eigenvalue weighted by Crippen LogP contribution is -2.30. The van der Waals surface area contributed by atoms with Crippen molar-refractivity contribution < 1.29 is 27.9 Å². The summed E-state index contributed by atoms with van der Waals surface area (Å²) in [7, 11) is 1.50. The van der Waals surface area contributed by atoms with Gasteiger partial charge in [-0.1, -0.05) is 29.8 Å². The van der Waals surface area contributed by atoms with Crippen molar-refractivity contribution in [2.45, 2.75) is 19.6 Å². The van der Waals surface area contributed by atoms with Gasteiger partial charge in [0, 0.05) is 18.1 Å². The number of amides is 1. The Morgan fingerprint density at radius 3 is 2.71 bits per heavy atom. The molecule has 3 aromatic rings. The van der Waals surface area contributed by atoms with Gasteiger partial charge in [0.05, 0.1) is 17.3 Å². The highest BCUT2D eigenvalue weighted by Crippen LogP contribution is 2.28. The number of rotatable bonds is 6. The summed E-state index contributed by atoms with van der Waals surface area (Å²) in [6.45, 7) is 1.55. The molecular weight excluding hydrogens is 389 g/mol. The number of carbonyl (C=O) groups is 2. The van der Waals surface area contributed by atoms with Gasteiger partial charge in [-0.2, -0.15) is 0 Å². The zero-order valence-corrected chi connectivity index (χ0v) is 15.9. The van der Waals surface area contributed by atoms with E-state index in [0.29, 0.717) is 11.1 Å². The van der Waals surface area contributed by atoms with Crippen LogP contribution in [0.2, 0.25) is 5.02 Å². The summed E-state index contributed by atoms with van der Waals surface area (Å²) in [5.41, 5.74) is 1.26. The average molecular weight is 406 g/mol. The van der Waals surface area contributed by atoms with Crippen LogP contribution in [0.3, 0.4) is 0 Å². The van der Waals surface area contributed by atoms with E-state index < -0.39 is 23.8 Å². The van der Waals surface area contributed by atoms with Crippen molar-refractivity contribution >= 4 is 40.1 Å². The van der Waals surface area contributed by atoms with Gasteiger partial charge >= 0.3 is 5.97 Å². The summed E-state index contributed by atoms with van der Waals surface area (Å²) in [6.07, 6.45) is -1.14. The molecule has 0 aliphatic heterocycles. The summed E-state index contributed by atoms with van der Waals surface area (Å²) in [5.74, 6) is -1.97. The summed E-state index contributed by atoms with van der Waals surface area (Å²) in [6, 6.07) is 10.7. The number of hydrogen-bond acceptors (Lipinski definition) is 5. The minimum atomic E-state index is -1.14. The molecule has 1 aromatic heterocycles. The second-order valence-electron chi connectivity index (χ2n) is 6.00. The number of methoxy groups -OCH3 is 1.